The quantitative estimate of drug-likeness (QED) is 0.556. The first-order valence-electron chi connectivity index (χ1n) is 5.65. The Kier molecular flexibility index (Phi) is 3.66. The summed E-state index contributed by atoms with van der Waals surface area (Å²) in [5.74, 6) is -1.71. The van der Waals surface area contributed by atoms with Crippen molar-refractivity contribution in [1.29, 1.82) is 0 Å². The fourth-order valence-corrected chi connectivity index (χ4v) is 1.65. The number of hydrogen-bond acceptors (Lipinski definition) is 4. The monoisotopic (exact) mass is 238 g/mol. The lowest BCUT2D eigenvalue weighted by molar-refractivity contribution is 0.0802. The number of phenols is 3. The second-order valence-electron chi connectivity index (χ2n) is 4.46. The number of Topliss-reactive ketones (excluding diaryl/α,β-unsaturated/α-hetero) is 1. The van der Waals surface area contributed by atoms with Crippen LogP contribution in [0.15, 0.2) is 12.1 Å². The van der Waals surface area contributed by atoms with E-state index in [9.17, 15) is 20.1 Å². The zero-order valence-corrected chi connectivity index (χ0v) is 10.3. The first kappa shape index (κ1) is 13.4. The van der Waals surface area contributed by atoms with E-state index in [1.807, 2.05) is 20.8 Å². The summed E-state index contributed by atoms with van der Waals surface area (Å²) in [5.41, 5.74) is -0.306. The van der Waals surface area contributed by atoms with Crippen molar-refractivity contribution in [1.82, 2.24) is 0 Å². The number of rotatable bonds is 4. The van der Waals surface area contributed by atoms with Crippen molar-refractivity contribution in [2.45, 2.75) is 33.6 Å². The average Bonchev–Trinajstić information content (AvgIpc) is 2.33. The maximum absolute atomic E-state index is 12.2. The van der Waals surface area contributed by atoms with Gasteiger partial charge in [-0.15, -0.1) is 0 Å². The van der Waals surface area contributed by atoms with Gasteiger partial charge < -0.3 is 15.3 Å². The molecule has 1 aromatic carbocycles. The molecular formula is C13H18O4. The Morgan fingerprint density at radius 3 is 1.88 bits per heavy atom. The summed E-state index contributed by atoms with van der Waals surface area (Å²) in [4.78, 5) is 12.2. The highest BCUT2D eigenvalue weighted by Crippen LogP contribution is 2.38. The van der Waals surface area contributed by atoms with Gasteiger partial charge in [0.05, 0.1) is 0 Å². The van der Waals surface area contributed by atoms with E-state index in [4.69, 9.17) is 0 Å². The van der Waals surface area contributed by atoms with Crippen LogP contribution in [0.4, 0.5) is 0 Å². The molecule has 3 N–H and O–H groups in total. The minimum atomic E-state index is -0.601. The van der Waals surface area contributed by atoms with Crippen LogP contribution in [0.25, 0.3) is 0 Å². The number of aromatic hydroxyl groups is 3. The summed E-state index contributed by atoms with van der Waals surface area (Å²) in [6.45, 7) is 5.68. The van der Waals surface area contributed by atoms with E-state index in [0.717, 1.165) is 0 Å². The predicted octanol–water partition coefficient (Wildman–Crippen LogP) is 2.81. The molecule has 0 heterocycles. The molecule has 0 spiro atoms. The Labute approximate surface area is 101 Å². The zero-order chi connectivity index (χ0) is 13.2. The molecule has 94 valence electrons. The molecule has 0 atom stereocenters. The minimum Gasteiger partial charge on any atom is -0.504 e. The molecule has 0 unspecified atom stereocenters. The van der Waals surface area contributed by atoms with Crippen LogP contribution in [0.3, 0.4) is 0 Å². The number of hydrogen-bond donors (Lipinski definition) is 3. The molecule has 0 aliphatic heterocycles. The molecule has 0 aromatic heterocycles. The summed E-state index contributed by atoms with van der Waals surface area (Å²) in [5, 5.41) is 28.0. The van der Waals surface area contributed by atoms with Crippen LogP contribution in [-0.4, -0.2) is 21.1 Å². The molecule has 0 fully saturated rings. The standard InChI is InChI=1S/C13H18O4/c1-4-13(3,5-2)12(17)8-6-9(14)11(16)10(15)7-8/h6-7,14-16H,4-5H2,1-3H3. The molecule has 0 bridgehead atoms. The first-order chi connectivity index (χ1) is 7.85. The van der Waals surface area contributed by atoms with Crippen molar-refractivity contribution < 1.29 is 20.1 Å². The Morgan fingerprint density at radius 1 is 1.12 bits per heavy atom. The van der Waals surface area contributed by atoms with Gasteiger partial charge in [-0.25, -0.2) is 0 Å². The van der Waals surface area contributed by atoms with Gasteiger partial charge in [-0.3, -0.25) is 4.79 Å². The molecule has 4 nitrogen and oxygen atoms in total. The van der Waals surface area contributed by atoms with E-state index in [0.29, 0.717) is 12.8 Å². The molecule has 0 radical (unpaired) electrons. The van der Waals surface area contributed by atoms with E-state index in [-0.39, 0.29) is 11.3 Å². The zero-order valence-electron chi connectivity index (χ0n) is 10.3. The molecule has 1 rings (SSSR count). The lowest BCUT2D eigenvalue weighted by Crippen LogP contribution is -2.26. The number of carbonyl (C=O) groups is 1. The third kappa shape index (κ3) is 2.35. The Morgan fingerprint density at radius 2 is 1.53 bits per heavy atom. The van der Waals surface area contributed by atoms with E-state index in [1.54, 1.807) is 0 Å². The molecule has 0 aliphatic carbocycles. The van der Waals surface area contributed by atoms with Gasteiger partial charge in [0.25, 0.3) is 0 Å². The van der Waals surface area contributed by atoms with Crippen LogP contribution in [0, 0.1) is 5.41 Å². The highest BCUT2D eigenvalue weighted by molar-refractivity contribution is 6.01. The largest absolute Gasteiger partial charge is 0.504 e. The van der Waals surface area contributed by atoms with Crippen molar-refractivity contribution in [2.75, 3.05) is 0 Å². The van der Waals surface area contributed by atoms with Gasteiger partial charge in [0.1, 0.15) is 0 Å². The molecular weight excluding hydrogens is 220 g/mol. The maximum Gasteiger partial charge on any atom is 0.200 e. The third-order valence-corrected chi connectivity index (χ3v) is 3.44. The number of carbonyl (C=O) groups excluding carboxylic acids is 1. The van der Waals surface area contributed by atoms with Gasteiger partial charge in [0.15, 0.2) is 23.0 Å². The smallest absolute Gasteiger partial charge is 0.200 e. The van der Waals surface area contributed by atoms with Gasteiger partial charge in [-0.2, -0.15) is 0 Å². The summed E-state index contributed by atoms with van der Waals surface area (Å²) in [7, 11) is 0. The molecule has 0 saturated heterocycles. The molecule has 1 aromatic rings. The Hall–Kier alpha value is -1.71. The van der Waals surface area contributed by atoms with Gasteiger partial charge in [-0.05, 0) is 25.0 Å². The van der Waals surface area contributed by atoms with E-state index >= 15 is 0 Å². The number of ketones is 1. The summed E-state index contributed by atoms with van der Waals surface area (Å²) < 4.78 is 0. The highest BCUT2D eigenvalue weighted by atomic mass is 16.3. The Bertz CT molecular complexity index is 410. The number of phenolic OH excluding ortho intramolecular Hbond substituents is 3. The van der Waals surface area contributed by atoms with Crippen LogP contribution >= 0.6 is 0 Å². The second kappa shape index (κ2) is 4.65. The minimum absolute atomic E-state index is 0.145. The lowest BCUT2D eigenvalue weighted by Gasteiger charge is -2.25. The fourth-order valence-electron chi connectivity index (χ4n) is 1.65. The van der Waals surface area contributed by atoms with Crippen molar-refractivity contribution in [3.8, 4) is 17.2 Å². The van der Waals surface area contributed by atoms with E-state index in [1.165, 1.54) is 12.1 Å². The van der Waals surface area contributed by atoms with Crippen LogP contribution in [0.5, 0.6) is 17.2 Å². The van der Waals surface area contributed by atoms with Crippen LogP contribution in [-0.2, 0) is 0 Å². The SMILES string of the molecule is CCC(C)(CC)C(=O)c1cc(O)c(O)c(O)c1. The van der Waals surface area contributed by atoms with Crippen LogP contribution < -0.4 is 0 Å². The van der Waals surface area contributed by atoms with Gasteiger partial charge in [-0.1, -0.05) is 20.8 Å². The number of benzene rings is 1. The maximum atomic E-state index is 12.2. The lowest BCUT2D eigenvalue weighted by atomic mass is 9.77. The average molecular weight is 238 g/mol. The van der Waals surface area contributed by atoms with Crippen molar-refractivity contribution in [2.24, 2.45) is 5.41 Å². The van der Waals surface area contributed by atoms with Crippen LogP contribution in [0.1, 0.15) is 44.0 Å². The van der Waals surface area contributed by atoms with Crippen LogP contribution in [0.2, 0.25) is 0 Å². The normalized spacial score (nSPS) is 11.5. The molecule has 4 heteroatoms. The van der Waals surface area contributed by atoms with E-state index in [2.05, 4.69) is 0 Å². The molecule has 0 saturated carbocycles. The predicted molar refractivity (Wildman–Crippen MR) is 64.5 cm³/mol. The second-order valence-corrected chi connectivity index (χ2v) is 4.46. The molecule has 0 amide bonds. The molecule has 0 aliphatic rings. The molecule has 17 heavy (non-hydrogen) atoms. The van der Waals surface area contributed by atoms with Crippen molar-refractivity contribution >= 4 is 5.78 Å². The highest BCUT2D eigenvalue weighted by Gasteiger charge is 2.31. The van der Waals surface area contributed by atoms with Gasteiger partial charge in [0.2, 0.25) is 0 Å². The van der Waals surface area contributed by atoms with Crippen molar-refractivity contribution in [3.05, 3.63) is 17.7 Å². The topological polar surface area (TPSA) is 77.8 Å². The summed E-state index contributed by atoms with van der Waals surface area (Å²) in [6, 6.07) is 2.36. The third-order valence-electron chi connectivity index (χ3n) is 3.44. The van der Waals surface area contributed by atoms with Gasteiger partial charge >= 0.3 is 0 Å². The summed E-state index contributed by atoms with van der Waals surface area (Å²) >= 11 is 0. The van der Waals surface area contributed by atoms with Gasteiger partial charge in [0, 0.05) is 11.0 Å². The first-order valence-corrected chi connectivity index (χ1v) is 5.65. The van der Waals surface area contributed by atoms with E-state index < -0.39 is 22.7 Å². The fraction of sp³-hybridized carbons (Fsp3) is 0.462. The Balaban J connectivity index is 3.22. The summed E-state index contributed by atoms with van der Waals surface area (Å²) in [6.07, 6.45) is 1.34. The van der Waals surface area contributed by atoms with Crippen molar-refractivity contribution in [3.63, 3.8) is 0 Å².